The van der Waals surface area contributed by atoms with Crippen LogP contribution in [-0.2, 0) is 24.9 Å². The van der Waals surface area contributed by atoms with Gasteiger partial charge in [0.25, 0.3) is 0 Å². The summed E-state index contributed by atoms with van der Waals surface area (Å²) in [6.45, 7) is 10.4. The van der Waals surface area contributed by atoms with E-state index in [1.54, 1.807) is 0 Å². The number of ketones is 1. The summed E-state index contributed by atoms with van der Waals surface area (Å²) in [5.41, 5.74) is 3.65. The van der Waals surface area contributed by atoms with Crippen LogP contribution in [0.25, 0.3) is 32.8 Å². The Kier molecular flexibility index (Phi) is 16.9. The molecule has 5 rings (SSSR count). The summed E-state index contributed by atoms with van der Waals surface area (Å²) < 4.78 is 0. The van der Waals surface area contributed by atoms with Crippen LogP contribution in [0.15, 0.2) is 78.7 Å². The number of aromatic nitrogens is 1. The van der Waals surface area contributed by atoms with Crippen molar-refractivity contribution in [3.8, 4) is 11.3 Å². The second kappa shape index (κ2) is 19.8. The molecule has 3 nitrogen and oxygen atoms in total. The molecular weight excluding hydrogens is 743 g/mol. The summed E-state index contributed by atoms with van der Waals surface area (Å²) in [5.74, 6) is 2.18. The van der Waals surface area contributed by atoms with Crippen molar-refractivity contribution in [3.05, 3.63) is 90.3 Å². The Hall–Kier alpha value is -2.81. The molecule has 0 aliphatic heterocycles. The number of pyridine rings is 1. The number of carbonyl (C=O) groups excluding carboxylic acids is 1. The summed E-state index contributed by atoms with van der Waals surface area (Å²) in [6, 6.07) is 25.4. The van der Waals surface area contributed by atoms with Gasteiger partial charge in [-0.1, -0.05) is 103 Å². The molecule has 46 heavy (non-hydrogen) atoms. The number of allylic oxidation sites excluding steroid dienone is 2. The molecule has 0 unspecified atom stereocenters. The van der Waals surface area contributed by atoms with Crippen LogP contribution >= 0.6 is 0 Å². The molecule has 0 bridgehead atoms. The maximum Gasteiger partial charge on any atom is 0.162 e. The zero-order valence-corrected chi connectivity index (χ0v) is 30.3. The van der Waals surface area contributed by atoms with Crippen LogP contribution in [0.5, 0.6) is 0 Å². The molecule has 1 aliphatic carbocycles. The fourth-order valence-electron chi connectivity index (χ4n) is 6.97. The van der Waals surface area contributed by atoms with E-state index in [4.69, 9.17) is 4.98 Å². The summed E-state index contributed by atoms with van der Waals surface area (Å²) in [5, 5.41) is 14.7. The maximum absolute atomic E-state index is 11.7. The second-order valence-electron chi connectivity index (χ2n) is 12.6. The van der Waals surface area contributed by atoms with Crippen molar-refractivity contribution in [1.29, 1.82) is 0 Å². The van der Waals surface area contributed by atoms with E-state index in [2.05, 4.69) is 67.6 Å². The number of fused-ring (bicyclic) bond motifs is 2. The van der Waals surface area contributed by atoms with Gasteiger partial charge in [-0.25, -0.2) is 0 Å². The molecule has 3 aromatic carbocycles. The van der Waals surface area contributed by atoms with Gasteiger partial charge < -0.3 is 10.1 Å². The Morgan fingerprint density at radius 1 is 0.870 bits per heavy atom. The molecule has 1 heterocycles. The third kappa shape index (κ3) is 9.85. The predicted molar refractivity (Wildman–Crippen MR) is 194 cm³/mol. The van der Waals surface area contributed by atoms with Crippen LogP contribution < -0.4 is 0 Å². The molecule has 0 saturated heterocycles. The van der Waals surface area contributed by atoms with Gasteiger partial charge in [-0.05, 0) is 91.3 Å². The van der Waals surface area contributed by atoms with Crippen molar-refractivity contribution in [3.63, 3.8) is 0 Å². The Balaban J connectivity index is 0.000000375. The number of aliphatic hydroxyl groups excluding tert-OH is 1. The molecule has 1 N–H and O–H groups in total. The van der Waals surface area contributed by atoms with Crippen molar-refractivity contribution in [2.45, 2.75) is 112 Å². The third-order valence-corrected chi connectivity index (χ3v) is 9.84. The Labute approximate surface area is 292 Å². The smallest absolute Gasteiger partial charge is 0.162 e. The monoisotopic (exact) mass is 799 g/mol. The number of hydrogen-bond donors (Lipinski definition) is 1. The Bertz CT molecular complexity index is 1520. The molecule has 0 amide bonds. The van der Waals surface area contributed by atoms with E-state index < -0.39 is 0 Å². The Morgan fingerprint density at radius 2 is 1.52 bits per heavy atom. The number of rotatable bonds is 11. The zero-order chi connectivity index (χ0) is 31.5. The average Bonchev–Trinajstić information content (AvgIpc) is 3.06. The Morgan fingerprint density at radius 3 is 2.17 bits per heavy atom. The molecule has 1 radical (unpaired) electrons. The van der Waals surface area contributed by atoms with Gasteiger partial charge in [0.1, 0.15) is 0 Å². The van der Waals surface area contributed by atoms with Crippen molar-refractivity contribution in [2.24, 2.45) is 17.8 Å². The van der Waals surface area contributed by atoms with Gasteiger partial charge in [0.05, 0.1) is 5.76 Å². The molecule has 0 spiro atoms. The van der Waals surface area contributed by atoms with Gasteiger partial charge in [-0.3, -0.25) is 4.79 Å². The molecule has 0 atom stereocenters. The summed E-state index contributed by atoms with van der Waals surface area (Å²) >= 11 is 0. The topological polar surface area (TPSA) is 50.2 Å². The third-order valence-electron chi connectivity index (χ3n) is 9.84. The van der Waals surface area contributed by atoms with Crippen molar-refractivity contribution >= 4 is 27.3 Å². The summed E-state index contributed by atoms with van der Waals surface area (Å²) in [6.07, 6.45) is 15.0. The van der Waals surface area contributed by atoms with Gasteiger partial charge in [0, 0.05) is 44.2 Å². The zero-order valence-electron chi connectivity index (χ0n) is 27.9. The first-order chi connectivity index (χ1) is 21.4. The van der Waals surface area contributed by atoms with Crippen molar-refractivity contribution in [1.82, 2.24) is 4.98 Å². The summed E-state index contributed by atoms with van der Waals surface area (Å²) in [4.78, 5) is 16.5. The summed E-state index contributed by atoms with van der Waals surface area (Å²) in [7, 11) is 0. The van der Waals surface area contributed by atoms with Gasteiger partial charge in [-0.15, -0.1) is 29.1 Å². The number of benzene rings is 3. The minimum Gasteiger partial charge on any atom is -0.512 e. The molecule has 1 aliphatic rings. The number of carbonyl (C=O) groups is 1. The van der Waals surface area contributed by atoms with Gasteiger partial charge in [0.15, 0.2) is 5.78 Å². The van der Waals surface area contributed by atoms with Crippen LogP contribution in [0.4, 0.5) is 0 Å². The predicted octanol–water partition coefficient (Wildman–Crippen LogP) is 12.4. The minimum atomic E-state index is 0. The molecule has 1 fully saturated rings. The molecule has 1 aromatic heterocycles. The average molecular weight is 799 g/mol. The van der Waals surface area contributed by atoms with Crippen LogP contribution in [0.1, 0.15) is 118 Å². The quantitative estimate of drug-likeness (QED) is 0.0934. The van der Waals surface area contributed by atoms with Gasteiger partial charge in [-0.2, -0.15) is 0 Å². The van der Waals surface area contributed by atoms with Crippen LogP contribution in [-0.4, -0.2) is 15.9 Å². The van der Waals surface area contributed by atoms with E-state index in [1.165, 1.54) is 71.7 Å². The van der Waals surface area contributed by atoms with Crippen molar-refractivity contribution < 1.29 is 30.0 Å². The van der Waals surface area contributed by atoms with E-state index in [-0.39, 0.29) is 50.9 Å². The maximum atomic E-state index is 11.7. The van der Waals surface area contributed by atoms with E-state index in [9.17, 15) is 9.90 Å². The molecular formula is C42H56IrNO2-. The first-order valence-corrected chi connectivity index (χ1v) is 17.2. The van der Waals surface area contributed by atoms with Gasteiger partial charge >= 0.3 is 0 Å². The first kappa shape index (κ1) is 39.4. The van der Waals surface area contributed by atoms with Crippen LogP contribution in [0, 0.1) is 23.8 Å². The fraction of sp³-hybridized carbons (Fsp3) is 0.476. The number of aliphatic hydroxyl groups is 1. The number of nitrogens with zero attached hydrogens (tertiary/aromatic N) is 1. The second-order valence-corrected chi connectivity index (χ2v) is 12.6. The van der Waals surface area contributed by atoms with E-state index in [0.29, 0.717) is 5.92 Å². The van der Waals surface area contributed by atoms with E-state index in [1.807, 2.05) is 40.0 Å². The molecule has 1 saturated carbocycles. The molecule has 4 heteroatoms. The first-order valence-electron chi connectivity index (χ1n) is 17.2. The fourth-order valence-corrected chi connectivity index (χ4v) is 6.97. The largest absolute Gasteiger partial charge is 0.512 e. The molecule has 251 valence electrons. The van der Waals surface area contributed by atoms with Crippen LogP contribution in [0.2, 0.25) is 0 Å². The standard InChI is InChI=1S/C28H28N.C13H24O2.CH4.Ir/c1-2-6-20-11-13-21(14-12-20)24-16-15-23-17-18-29-28(27(23)19-24)26-10-5-8-22-7-3-4-9-25(22)26;1-5-10(6-2)12(14)9-13(15)11(7-3)8-4;;/h3-5,7-9,15-21H,2,6,11-14H2,1H3;9-11,14H,5-8H2,1-4H3;1H4;/q-1;;;. The normalized spacial score (nSPS) is 16.5. The minimum absolute atomic E-state index is 0. The molecule has 4 aromatic rings. The SMILES string of the molecule is C.CCC(CC)C(=O)C=C(O)C(CC)CC.CCCC1CCC(c2ccc3ccnc(-c4[c-]ccc5ccccc45)c3c2)CC1.[Ir]. The van der Waals surface area contributed by atoms with E-state index >= 15 is 0 Å². The van der Waals surface area contributed by atoms with Crippen molar-refractivity contribution in [2.75, 3.05) is 0 Å². The number of hydrogen-bond acceptors (Lipinski definition) is 3. The van der Waals surface area contributed by atoms with Crippen LogP contribution in [0.3, 0.4) is 0 Å². The van der Waals surface area contributed by atoms with E-state index in [0.717, 1.165) is 42.9 Å². The van der Waals surface area contributed by atoms with Gasteiger partial charge in [0.2, 0.25) is 0 Å².